The van der Waals surface area contributed by atoms with Crippen LogP contribution in [0.15, 0.2) is 48.2 Å². The fourth-order valence-electron chi connectivity index (χ4n) is 2.37. The van der Waals surface area contributed by atoms with Crippen LogP contribution in [0.4, 0.5) is 5.69 Å². The van der Waals surface area contributed by atoms with E-state index in [9.17, 15) is 9.59 Å². The van der Waals surface area contributed by atoms with Crippen molar-refractivity contribution in [2.45, 2.75) is 39.7 Å². The van der Waals surface area contributed by atoms with E-state index in [2.05, 4.69) is 5.32 Å². The molecule has 116 valence electrons. The molecule has 2 rings (SSSR count). The molecule has 0 atom stereocenters. The summed E-state index contributed by atoms with van der Waals surface area (Å²) in [6.45, 7) is 7.38. The quantitative estimate of drug-likeness (QED) is 0.929. The predicted octanol–water partition coefficient (Wildman–Crippen LogP) is 3.40. The maximum Gasteiger partial charge on any atom is 0.250 e. The molecule has 4 nitrogen and oxygen atoms in total. The Morgan fingerprint density at radius 1 is 1.27 bits per heavy atom. The van der Waals surface area contributed by atoms with Crippen LogP contribution < -0.4 is 5.32 Å². The average Bonchev–Trinajstić information content (AvgIpc) is 2.59. The Labute approximate surface area is 131 Å². The first-order valence-corrected chi connectivity index (χ1v) is 7.35. The number of aryl methyl sites for hydroxylation is 1. The number of anilines is 1. The minimum Gasteiger partial charge on any atom is -0.324 e. The third-order valence-corrected chi connectivity index (χ3v) is 3.75. The zero-order chi connectivity index (χ0) is 16.3. The number of benzene rings is 1. The number of hydrogen-bond acceptors (Lipinski definition) is 2. The fourth-order valence-corrected chi connectivity index (χ4v) is 2.37. The Morgan fingerprint density at radius 3 is 2.68 bits per heavy atom. The number of carbonyl (C=O) groups is 2. The predicted molar refractivity (Wildman–Crippen MR) is 88.2 cm³/mol. The highest BCUT2D eigenvalue weighted by Crippen LogP contribution is 2.23. The summed E-state index contributed by atoms with van der Waals surface area (Å²) in [6.07, 6.45) is 5.71. The number of allylic oxidation sites excluding steroid dienone is 2. The molecule has 0 aromatic heterocycles. The number of rotatable bonds is 3. The van der Waals surface area contributed by atoms with E-state index in [1.165, 1.54) is 4.90 Å². The van der Waals surface area contributed by atoms with Gasteiger partial charge in [-0.05, 0) is 51.5 Å². The molecule has 1 heterocycles. The maximum absolute atomic E-state index is 12.6. The molecule has 1 aromatic carbocycles. The lowest BCUT2D eigenvalue weighted by Crippen LogP contribution is -2.52. The number of hydrogen-bond donors (Lipinski definition) is 1. The molecule has 1 aliphatic heterocycles. The highest BCUT2D eigenvalue weighted by atomic mass is 16.2. The van der Waals surface area contributed by atoms with Crippen molar-refractivity contribution in [1.29, 1.82) is 0 Å². The molecular formula is C18H22N2O2. The van der Waals surface area contributed by atoms with Crippen LogP contribution in [0.2, 0.25) is 0 Å². The van der Waals surface area contributed by atoms with Gasteiger partial charge in [-0.1, -0.05) is 23.8 Å². The monoisotopic (exact) mass is 298 g/mol. The van der Waals surface area contributed by atoms with Crippen LogP contribution in [0.3, 0.4) is 0 Å². The lowest BCUT2D eigenvalue weighted by atomic mass is 10.0. The summed E-state index contributed by atoms with van der Waals surface area (Å²) in [5.74, 6) is -0.289. The normalized spacial score (nSPS) is 15.4. The zero-order valence-corrected chi connectivity index (χ0v) is 13.5. The summed E-state index contributed by atoms with van der Waals surface area (Å²) < 4.78 is 0. The van der Waals surface area contributed by atoms with Crippen molar-refractivity contribution in [2.75, 3.05) is 5.32 Å². The molecule has 1 aromatic rings. The minimum absolute atomic E-state index is 0.0770. The minimum atomic E-state index is -0.963. The third kappa shape index (κ3) is 3.45. The molecule has 1 aliphatic rings. The summed E-state index contributed by atoms with van der Waals surface area (Å²) in [7, 11) is 0. The maximum atomic E-state index is 12.6. The lowest BCUT2D eigenvalue weighted by molar-refractivity contribution is -0.139. The largest absolute Gasteiger partial charge is 0.324 e. The van der Waals surface area contributed by atoms with Gasteiger partial charge in [0, 0.05) is 18.3 Å². The fraction of sp³-hybridized carbons (Fsp3) is 0.333. The summed E-state index contributed by atoms with van der Waals surface area (Å²) in [6, 6.07) is 7.60. The van der Waals surface area contributed by atoms with Crippen molar-refractivity contribution < 1.29 is 9.59 Å². The highest BCUT2D eigenvalue weighted by molar-refractivity contribution is 6.00. The van der Waals surface area contributed by atoms with E-state index in [1.807, 2.05) is 50.3 Å². The molecule has 0 bridgehead atoms. The van der Waals surface area contributed by atoms with Gasteiger partial charge in [0.15, 0.2) is 0 Å². The van der Waals surface area contributed by atoms with Gasteiger partial charge in [0.2, 0.25) is 11.8 Å². The molecule has 0 saturated heterocycles. The van der Waals surface area contributed by atoms with Crippen molar-refractivity contribution in [3.05, 3.63) is 53.8 Å². The molecule has 0 radical (unpaired) electrons. The van der Waals surface area contributed by atoms with Crippen LogP contribution in [0.5, 0.6) is 0 Å². The molecule has 0 unspecified atom stereocenters. The van der Waals surface area contributed by atoms with Crippen LogP contribution in [-0.4, -0.2) is 22.3 Å². The van der Waals surface area contributed by atoms with Crippen LogP contribution in [0.1, 0.15) is 32.8 Å². The lowest BCUT2D eigenvalue weighted by Gasteiger charge is -2.34. The molecule has 1 N–H and O–H groups in total. The number of nitrogens with zero attached hydrogens (tertiary/aromatic N) is 1. The van der Waals surface area contributed by atoms with Gasteiger partial charge in [-0.3, -0.25) is 9.59 Å². The van der Waals surface area contributed by atoms with Gasteiger partial charge in [0.25, 0.3) is 0 Å². The van der Waals surface area contributed by atoms with Crippen LogP contribution in [-0.2, 0) is 9.59 Å². The number of nitrogens with one attached hydrogen (secondary N) is 1. The van der Waals surface area contributed by atoms with Crippen molar-refractivity contribution in [3.8, 4) is 0 Å². The van der Waals surface area contributed by atoms with Crippen LogP contribution in [0.25, 0.3) is 0 Å². The molecule has 22 heavy (non-hydrogen) atoms. The van der Waals surface area contributed by atoms with E-state index in [0.717, 1.165) is 16.8 Å². The van der Waals surface area contributed by atoms with Crippen molar-refractivity contribution in [1.82, 2.24) is 4.90 Å². The van der Waals surface area contributed by atoms with E-state index in [1.54, 1.807) is 20.0 Å². The highest BCUT2D eigenvalue weighted by Gasteiger charge is 2.37. The summed E-state index contributed by atoms with van der Waals surface area (Å²) in [5.41, 5.74) is 1.83. The summed E-state index contributed by atoms with van der Waals surface area (Å²) in [5, 5.41) is 2.89. The smallest absolute Gasteiger partial charge is 0.250 e. The molecule has 0 fully saturated rings. The number of amides is 2. The molecular weight excluding hydrogens is 276 g/mol. The van der Waals surface area contributed by atoms with E-state index < -0.39 is 5.54 Å². The first-order valence-electron chi connectivity index (χ1n) is 7.35. The van der Waals surface area contributed by atoms with Gasteiger partial charge in [-0.15, -0.1) is 0 Å². The van der Waals surface area contributed by atoms with Crippen LogP contribution >= 0.6 is 0 Å². The van der Waals surface area contributed by atoms with Crippen molar-refractivity contribution >= 4 is 17.5 Å². The average molecular weight is 298 g/mol. The number of carbonyl (C=O) groups excluding carboxylic acids is 2. The Kier molecular flexibility index (Phi) is 4.50. The Balaban J connectivity index is 2.18. The Hall–Kier alpha value is -2.36. The van der Waals surface area contributed by atoms with E-state index in [4.69, 9.17) is 0 Å². The second kappa shape index (κ2) is 6.18. The SMILES string of the molecule is CC1=CC=CN(C(C)(C)C(=O)Nc2cccc(C)c2)C(=O)C1. The van der Waals surface area contributed by atoms with Gasteiger partial charge < -0.3 is 10.2 Å². The van der Waals surface area contributed by atoms with Gasteiger partial charge >= 0.3 is 0 Å². The second-order valence-electron chi connectivity index (χ2n) is 6.18. The van der Waals surface area contributed by atoms with E-state index in [0.29, 0.717) is 6.42 Å². The van der Waals surface area contributed by atoms with Gasteiger partial charge in [-0.2, -0.15) is 0 Å². The van der Waals surface area contributed by atoms with E-state index >= 15 is 0 Å². The summed E-state index contributed by atoms with van der Waals surface area (Å²) >= 11 is 0. The van der Waals surface area contributed by atoms with Gasteiger partial charge in [0.05, 0.1) is 0 Å². The third-order valence-electron chi connectivity index (χ3n) is 3.75. The van der Waals surface area contributed by atoms with Crippen LogP contribution in [0, 0.1) is 6.92 Å². The standard InChI is InChI=1S/C18H22N2O2/c1-13-7-5-9-15(11-13)19-17(22)18(3,4)20-10-6-8-14(2)12-16(20)21/h5-11H,12H2,1-4H3,(H,19,22). The Morgan fingerprint density at radius 2 is 2.00 bits per heavy atom. The molecule has 0 aliphatic carbocycles. The second-order valence-corrected chi connectivity index (χ2v) is 6.18. The topological polar surface area (TPSA) is 49.4 Å². The Bertz CT molecular complexity index is 657. The van der Waals surface area contributed by atoms with E-state index in [-0.39, 0.29) is 11.8 Å². The molecule has 0 spiro atoms. The zero-order valence-electron chi connectivity index (χ0n) is 13.5. The first-order chi connectivity index (χ1) is 10.3. The molecule has 0 saturated carbocycles. The molecule has 4 heteroatoms. The summed E-state index contributed by atoms with van der Waals surface area (Å²) in [4.78, 5) is 26.5. The molecule has 2 amide bonds. The van der Waals surface area contributed by atoms with Crippen molar-refractivity contribution in [3.63, 3.8) is 0 Å². The first kappa shape index (κ1) is 16.0. The van der Waals surface area contributed by atoms with Crippen molar-refractivity contribution in [2.24, 2.45) is 0 Å². The van der Waals surface area contributed by atoms with Gasteiger partial charge in [0.1, 0.15) is 5.54 Å². The van der Waals surface area contributed by atoms with Gasteiger partial charge in [-0.25, -0.2) is 0 Å².